The number of ether oxygens (including phenoxy) is 2. The van der Waals surface area contributed by atoms with Crippen LogP contribution in [0.4, 0.5) is 16.2 Å². The van der Waals surface area contributed by atoms with Crippen LogP contribution in [0.1, 0.15) is 19.3 Å². The highest BCUT2D eigenvalue weighted by Crippen LogP contribution is 2.32. The number of hydrogen-bond donors (Lipinski definition) is 2. The van der Waals surface area contributed by atoms with Crippen LogP contribution in [0.2, 0.25) is 0 Å². The number of likely N-dealkylation sites (tertiary alicyclic amines) is 1. The fourth-order valence-electron chi connectivity index (χ4n) is 3.58. The van der Waals surface area contributed by atoms with Gasteiger partial charge in [-0.3, -0.25) is 4.79 Å². The van der Waals surface area contributed by atoms with E-state index in [1.807, 2.05) is 42.5 Å². The molecule has 1 fully saturated rings. The molecule has 0 aliphatic carbocycles. The SMILES string of the molecule is O=C(Nc1ccc2c(c1)OCCCO2)[C@H]1CCCN(C(=O)Nc2ccccc2)C1. The smallest absolute Gasteiger partial charge is 0.321 e. The first-order chi connectivity index (χ1) is 14.2. The average molecular weight is 395 g/mol. The summed E-state index contributed by atoms with van der Waals surface area (Å²) < 4.78 is 11.3. The van der Waals surface area contributed by atoms with E-state index in [9.17, 15) is 9.59 Å². The zero-order valence-corrected chi connectivity index (χ0v) is 16.2. The summed E-state index contributed by atoms with van der Waals surface area (Å²) in [6, 6.07) is 14.6. The fraction of sp³-hybridized carbons (Fsp3) is 0.364. The molecule has 0 spiro atoms. The third-order valence-electron chi connectivity index (χ3n) is 5.12. The second-order valence-corrected chi connectivity index (χ2v) is 7.28. The van der Waals surface area contributed by atoms with E-state index in [0.717, 1.165) is 24.9 Å². The Bertz CT molecular complexity index is 872. The lowest BCUT2D eigenvalue weighted by molar-refractivity contribution is -0.121. The van der Waals surface area contributed by atoms with Crippen molar-refractivity contribution in [3.8, 4) is 11.5 Å². The number of nitrogens with zero attached hydrogens (tertiary/aromatic N) is 1. The van der Waals surface area contributed by atoms with Crippen molar-refractivity contribution in [3.63, 3.8) is 0 Å². The van der Waals surface area contributed by atoms with Crippen molar-refractivity contribution < 1.29 is 19.1 Å². The first kappa shape index (κ1) is 19.1. The molecule has 0 aromatic heterocycles. The highest BCUT2D eigenvalue weighted by atomic mass is 16.5. The van der Waals surface area contributed by atoms with E-state index < -0.39 is 0 Å². The maximum absolute atomic E-state index is 12.8. The Morgan fingerprint density at radius 3 is 2.52 bits per heavy atom. The van der Waals surface area contributed by atoms with Gasteiger partial charge in [0.2, 0.25) is 5.91 Å². The van der Waals surface area contributed by atoms with Gasteiger partial charge >= 0.3 is 6.03 Å². The number of nitrogens with one attached hydrogen (secondary N) is 2. The van der Waals surface area contributed by atoms with E-state index >= 15 is 0 Å². The predicted octanol–water partition coefficient (Wildman–Crippen LogP) is 3.73. The van der Waals surface area contributed by atoms with Gasteiger partial charge < -0.3 is 25.0 Å². The summed E-state index contributed by atoms with van der Waals surface area (Å²) in [4.78, 5) is 27.0. The number of hydrogen-bond acceptors (Lipinski definition) is 4. The fourth-order valence-corrected chi connectivity index (χ4v) is 3.58. The monoisotopic (exact) mass is 395 g/mol. The van der Waals surface area contributed by atoms with Gasteiger partial charge in [0.05, 0.1) is 19.1 Å². The van der Waals surface area contributed by atoms with Crippen LogP contribution in [0.5, 0.6) is 11.5 Å². The molecule has 4 rings (SSSR count). The molecule has 0 saturated carbocycles. The number of urea groups is 1. The lowest BCUT2D eigenvalue weighted by atomic mass is 9.97. The van der Waals surface area contributed by atoms with Gasteiger partial charge in [-0.05, 0) is 37.1 Å². The molecule has 2 aliphatic rings. The largest absolute Gasteiger partial charge is 0.490 e. The zero-order valence-electron chi connectivity index (χ0n) is 16.2. The molecule has 1 atom stereocenters. The summed E-state index contributed by atoms with van der Waals surface area (Å²) >= 11 is 0. The van der Waals surface area contributed by atoms with Gasteiger partial charge in [-0.25, -0.2) is 4.79 Å². The molecule has 2 N–H and O–H groups in total. The molecular weight excluding hydrogens is 370 g/mol. The van der Waals surface area contributed by atoms with Gasteiger partial charge in [0.25, 0.3) is 0 Å². The highest BCUT2D eigenvalue weighted by molar-refractivity contribution is 5.94. The molecule has 152 valence electrons. The molecule has 0 bridgehead atoms. The number of piperidine rings is 1. The zero-order chi connectivity index (χ0) is 20.1. The number of rotatable bonds is 3. The number of benzene rings is 2. The lowest BCUT2D eigenvalue weighted by Crippen LogP contribution is -2.45. The Balaban J connectivity index is 1.36. The van der Waals surface area contributed by atoms with Crippen LogP contribution in [0, 0.1) is 5.92 Å². The van der Waals surface area contributed by atoms with Crippen LogP contribution in [0.25, 0.3) is 0 Å². The minimum Gasteiger partial charge on any atom is -0.490 e. The van der Waals surface area contributed by atoms with E-state index in [1.165, 1.54) is 0 Å². The van der Waals surface area contributed by atoms with Crippen molar-refractivity contribution in [3.05, 3.63) is 48.5 Å². The third kappa shape index (κ3) is 4.80. The van der Waals surface area contributed by atoms with E-state index in [1.54, 1.807) is 11.0 Å². The van der Waals surface area contributed by atoms with Gasteiger partial charge in [0.15, 0.2) is 11.5 Å². The highest BCUT2D eigenvalue weighted by Gasteiger charge is 2.28. The molecule has 1 saturated heterocycles. The van der Waals surface area contributed by atoms with Gasteiger partial charge in [-0.2, -0.15) is 0 Å². The van der Waals surface area contributed by atoms with Crippen LogP contribution >= 0.6 is 0 Å². The van der Waals surface area contributed by atoms with Crippen molar-refractivity contribution in [1.82, 2.24) is 4.90 Å². The van der Waals surface area contributed by atoms with E-state index in [0.29, 0.717) is 43.5 Å². The molecule has 29 heavy (non-hydrogen) atoms. The number of fused-ring (bicyclic) bond motifs is 1. The second kappa shape index (κ2) is 8.86. The number of carbonyl (C=O) groups is 2. The molecule has 0 unspecified atom stereocenters. The molecular formula is C22H25N3O4. The summed E-state index contributed by atoms with van der Waals surface area (Å²) in [7, 11) is 0. The molecule has 7 heteroatoms. The van der Waals surface area contributed by atoms with E-state index in [-0.39, 0.29) is 17.9 Å². The Morgan fingerprint density at radius 2 is 1.69 bits per heavy atom. The van der Waals surface area contributed by atoms with Gasteiger partial charge in [-0.1, -0.05) is 18.2 Å². The standard InChI is InChI=1S/C22H25N3O4/c26-21(23-18-9-10-19-20(14-18)29-13-5-12-28-19)16-6-4-11-25(15-16)22(27)24-17-7-2-1-3-8-17/h1-3,7-10,14,16H,4-6,11-13,15H2,(H,23,26)(H,24,27)/t16-/m0/s1. The molecule has 2 aromatic rings. The normalized spacial score (nSPS) is 18.5. The Labute approximate surface area is 170 Å². The Kier molecular flexibility index (Phi) is 5.84. The topological polar surface area (TPSA) is 79.9 Å². The number of amides is 3. The number of anilines is 2. The molecule has 2 heterocycles. The first-order valence-corrected chi connectivity index (χ1v) is 10.0. The Hall–Kier alpha value is -3.22. The van der Waals surface area contributed by atoms with Gasteiger partial charge in [-0.15, -0.1) is 0 Å². The quantitative estimate of drug-likeness (QED) is 0.830. The van der Waals surface area contributed by atoms with Gasteiger partial charge in [0.1, 0.15) is 0 Å². The van der Waals surface area contributed by atoms with Crippen LogP contribution < -0.4 is 20.1 Å². The summed E-state index contributed by atoms with van der Waals surface area (Å²) in [6.07, 6.45) is 2.38. The van der Waals surface area contributed by atoms with Crippen molar-refractivity contribution in [1.29, 1.82) is 0 Å². The minimum absolute atomic E-state index is 0.0864. The molecule has 0 radical (unpaired) electrons. The average Bonchev–Trinajstić information content (AvgIpc) is 2.99. The number of para-hydroxylation sites is 1. The van der Waals surface area contributed by atoms with Crippen LogP contribution in [-0.4, -0.2) is 43.1 Å². The lowest BCUT2D eigenvalue weighted by Gasteiger charge is -2.32. The summed E-state index contributed by atoms with van der Waals surface area (Å²) in [5.74, 6) is 1.01. The molecule has 2 aromatic carbocycles. The summed E-state index contributed by atoms with van der Waals surface area (Å²) in [6.45, 7) is 2.27. The third-order valence-corrected chi connectivity index (χ3v) is 5.12. The van der Waals surface area contributed by atoms with Crippen molar-refractivity contribution >= 4 is 23.3 Å². The summed E-state index contributed by atoms with van der Waals surface area (Å²) in [5, 5.41) is 5.84. The number of carbonyl (C=O) groups excluding carboxylic acids is 2. The molecule has 3 amide bonds. The van der Waals surface area contributed by atoms with Crippen LogP contribution in [0.3, 0.4) is 0 Å². The second-order valence-electron chi connectivity index (χ2n) is 7.28. The van der Waals surface area contributed by atoms with E-state index in [2.05, 4.69) is 10.6 Å². The first-order valence-electron chi connectivity index (χ1n) is 10.0. The van der Waals surface area contributed by atoms with Crippen molar-refractivity contribution in [2.45, 2.75) is 19.3 Å². The van der Waals surface area contributed by atoms with E-state index in [4.69, 9.17) is 9.47 Å². The van der Waals surface area contributed by atoms with Crippen LogP contribution in [-0.2, 0) is 4.79 Å². The molecule has 7 nitrogen and oxygen atoms in total. The summed E-state index contributed by atoms with van der Waals surface area (Å²) in [5.41, 5.74) is 1.42. The van der Waals surface area contributed by atoms with Crippen molar-refractivity contribution in [2.24, 2.45) is 5.92 Å². The molecule has 2 aliphatic heterocycles. The van der Waals surface area contributed by atoms with Crippen molar-refractivity contribution in [2.75, 3.05) is 36.9 Å². The Morgan fingerprint density at radius 1 is 0.897 bits per heavy atom. The van der Waals surface area contributed by atoms with Crippen LogP contribution in [0.15, 0.2) is 48.5 Å². The van der Waals surface area contributed by atoms with Gasteiger partial charge in [0, 0.05) is 37.0 Å². The predicted molar refractivity (Wildman–Crippen MR) is 110 cm³/mol. The minimum atomic E-state index is -0.249. The maximum atomic E-state index is 12.8. The maximum Gasteiger partial charge on any atom is 0.321 e.